The molecule has 3 rings (SSSR count). The van der Waals surface area contributed by atoms with E-state index in [1.54, 1.807) is 0 Å². The van der Waals surface area contributed by atoms with Crippen molar-refractivity contribution in [3.05, 3.63) is 41.7 Å². The summed E-state index contributed by atoms with van der Waals surface area (Å²) >= 11 is 0. The minimum Gasteiger partial charge on any atom is -0.456 e. The molecule has 1 fully saturated rings. The zero-order valence-corrected chi connectivity index (χ0v) is 15.1. The number of anilines is 1. The number of rotatable bonds is 6. The SMILES string of the molecule is O=C(COC(=O)CCN1C(=O)[C@@H]2CC=CC[C@H]2C1=O)Nc1ccc(F)c(F)c1F. The zero-order chi connectivity index (χ0) is 21.1. The first-order valence-electron chi connectivity index (χ1n) is 8.88. The van der Waals surface area contributed by atoms with E-state index in [4.69, 9.17) is 4.74 Å². The summed E-state index contributed by atoms with van der Waals surface area (Å²) in [5, 5.41) is 1.96. The van der Waals surface area contributed by atoms with Crippen LogP contribution in [0.15, 0.2) is 24.3 Å². The van der Waals surface area contributed by atoms with Gasteiger partial charge in [-0.15, -0.1) is 0 Å². The minimum atomic E-state index is -1.74. The molecule has 29 heavy (non-hydrogen) atoms. The molecule has 0 bridgehead atoms. The van der Waals surface area contributed by atoms with Crippen LogP contribution in [0.3, 0.4) is 0 Å². The number of hydrogen-bond acceptors (Lipinski definition) is 5. The molecule has 0 aromatic heterocycles. The van der Waals surface area contributed by atoms with Crippen LogP contribution in [0.25, 0.3) is 0 Å². The summed E-state index contributed by atoms with van der Waals surface area (Å²) in [6.07, 6.45) is 4.35. The van der Waals surface area contributed by atoms with Crippen molar-refractivity contribution in [3.8, 4) is 0 Å². The van der Waals surface area contributed by atoms with Crippen LogP contribution in [-0.4, -0.2) is 41.7 Å². The van der Waals surface area contributed by atoms with Crippen LogP contribution >= 0.6 is 0 Å². The lowest BCUT2D eigenvalue weighted by molar-refractivity contribution is -0.148. The molecular formula is C19H17F3N2O5. The average Bonchev–Trinajstić information content (AvgIpc) is 2.96. The van der Waals surface area contributed by atoms with E-state index in [0.29, 0.717) is 18.9 Å². The number of benzene rings is 1. The van der Waals surface area contributed by atoms with Crippen molar-refractivity contribution < 1.29 is 37.1 Å². The first-order valence-corrected chi connectivity index (χ1v) is 8.88. The molecule has 10 heteroatoms. The third kappa shape index (κ3) is 4.30. The topological polar surface area (TPSA) is 92.8 Å². The summed E-state index contributed by atoms with van der Waals surface area (Å²) in [5.74, 6) is -8.00. The Labute approximate surface area is 163 Å². The highest BCUT2D eigenvalue weighted by atomic mass is 19.2. The van der Waals surface area contributed by atoms with E-state index < -0.39 is 53.5 Å². The van der Waals surface area contributed by atoms with Gasteiger partial charge < -0.3 is 10.1 Å². The van der Waals surface area contributed by atoms with Gasteiger partial charge in [0.05, 0.1) is 23.9 Å². The van der Waals surface area contributed by atoms with Crippen LogP contribution < -0.4 is 5.32 Å². The highest BCUT2D eigenvalue weighted by Crippen LogP contribution is 2.35. The van der Waals surface area contributed by atoms with Gasteiger partial charge in [0.1, 0.15) is 0 Å². The highest BCUT2D eigenvalue weighted by molar-refractivity contribution is 6.05. The van der Waals surface area contributed by atoms with E-state index in [2.05, 4.69) is 0 Å². The Kier molecular flexibility index (Phi) is 6.00. The smallest absolute Gasteiger partial charge is 0.308 e. The standard InChI is InChI=1S/C19H17F3N2O5/c20-12-5-6-13(17(22)16(12)21)23-14(25)9-29-15(26)7-8-24-18(27)10-3-1-2-4-11(10)19(24)28/h1-2,5-6,10-11H,3-4,7-9H2,(H,23,25)/t10-,11-/m1/s1. The number of ether oxygens (including phenoxy) is 1. The number of esters is 1. The fraction of sp³-hybridized carbons (Fsp3) is 0.368. The highest BCUT2D eigenvalue weighted by Gasteiger charge is 2.46. The fourth-order valence-electron chi connectivity index (χ4n) is 3.32. The van der Waals surface area contributed by atoms with Gasteiger partial charge in [0, 0.05) is 6.54 Å². The van der Waals surface area contributed by atoms with E-state index in [9.17, 15) is 32.3 Å². The van der Waals surface area contributed by atoms with Crippen LogP contribution in [-0.2, 0) is 23.9 Å². The molecule has 1 aliphatic heterocycles. The lowest BCUT2D eigenvalue weighted by atomic mass is 9.85. The summed E-state index contributed by atoms with van der Waals surface area (Å²) in [4.78, 5) is 49.1. The molecule has 2 aliphatic rings. The van der Waals surface area contributed by atoms with Gasteiger partial charge in [-0.25, -0.2) is 13.2 Å². The first-order chi connectivity index (χ1) is 13.8. The second-order valence-electron chi connectivity index (χ2n) is 6.67. The number of halogens is 3. The maximum absolute atomic E-state index is 13.5. The number of carbonyl (C=O) groups excluding carboxylic acids is 4. The molecule has 3 amide bonds. The summed E-state index contributed by atoms with van der Waals surface area (Å²) in [5.41, 5.74) is -0.602. The Morgan fingerprint density at radius 3 is 2.28 bits per heavy atom. The molecule has 2 atom stereocenters. The van der Waals surface area contributed by atoms with Gasteiger partial charge in [-0.2, -0.15) is 0 Å². The van der Waals surface area contributed by atoms with Crippen molar-refractivity contribution in [1.29, 1.82) is 0 Å². The van der Waals surface area contributed by atoms with Gasteiger partial charge in [0.2, 0.25) is 11.8 Å². The molecule has 0 saturated carbocycles. The predicted molar refractivity (Wildman–Crippen MR) is 92.6 cm³/mol. The largest absolute Gasteiger partial charge is 0.456 e. The Hall–Kier alpha value is -3.17. The number of fused-ring (bicyclic) bond motifs is 1. The van der Waals surface area contributed by atoms with Crippen molar-refractivity contribution in [3.63, 3.8) is 0 Å². The normalized spacial score (nSPS) is 20.6. The zero-order valence-electron chi connectivity index (χ0n) is 15.1. The van der Waals surface area contributed by atoms with Crippen molar-refractivity contribution in [1.82, 2.24) is 4.90 Å². The third-order valence-electron chi connectivity index (χ3n) is 4.81. The number of imide groups is 1. The number of nitrogens with zero attached hydrogens (tertiary/aromatic N) is 1. The van der Waals surface area contributed by atoms with E-state index in [1.807, 2.05) is 17.5 Å². The lowest BCUT2D eigenvalue weighted by Crippen LogP contribution is -2.33. The van der Waals surface area contributed by atoms with Crippen molar-refractivity contribution in [2.24, 2.45) is 11.8 Å². The lowest BCUT2D eigenvalue weighted by Gasteiger charge is -2.14. The van der Waals surface area contributed by atoms with Crippen LogP contribution in [0.4, 0.5) is 18.9 Å². The first kappa shape index (κ1) is 20.6. The quantitative estimate of drug-likeness (QED) is 0.335. The number of likely N-dealkylation sites (tertiary alicyclic amines) is 1. The molecule has 1 heterocycles. The second kappa shape index (κ2) is 8.46. The van der Waals surface area contributed by atoms with Gasteiger partial charge in [0.25, 0.3) is 5.91 Å². The summed E-state index contributed by atoms with van der Waals surface area (Å²) in [6, 6.07) is 1.46. The second-order valence-corrected chi connectivity index (χ2v) is 6.67. The number of amides is 3. The van der Waals surface area contributed by atoms with Crippen molar-refractivity contribution in [2.75, 3.05) is 18.5 Å². The monoisotopic (exact) mass is 410 g/mol. The number of nitrogens with one attached hydrogen (secondary N) is 1. The molecular weight excluding hydrogens is 393 g/mol. The Morgan fingerprint density at radius 2 is 1.66 bits per heavy atom. The number of allylic oxidation sites excluding steroid dienone is 2. The molecule has 1 aromatic carbocycles. The Bertz CT molecular complexity index is 876. The molecule has 0 unspecified atom stereocenters. The van der Waals surface area contributed by atoms with E-state index in [0.717, 1.165) is 11.0 Å². The van der Waals surface area contributed by atoms with Crippen LogP contribution in [0, 0.1) is 29.3 Å². The van der Waals surface area contributed by atoms with E-state index >= 15 is 0 Å². The van der Waals surface area contributed by atoms with Gasteiger partial charge in [0.15, 0.2) is 24.1 Å². The maximum atomic E-state index is 13.5. The van der Waals surface area contributed by atoms with Gasteiger partial charge >= 0.3 is 5.97 Å². The molecule has 1 saturated heterocycles. The number of hydrogen-bond donors (Lipinski definition) is 1. The maximum Gasteiger partial charge on any atom is 0.308 e. The van der Waals surface area contributed by atoms with Crippen LogP contribution in [0.2, 0.25) is 0 Å². The minimum absolute atomic E-state index is 0.164. The third-order valence-corrected chi connectivity index (χ3v) is 4.81. The average molecular weight is 410 g/mol. The molecule has 1 aliphatic carbocycles. The fourth-order valence-corrected chi connectivity index (χ4v) is 3.32. The van der Waals surface area contributed by atoms with E-state index in [1.165, 1.54) is 0 Å². The molecule has 154 valence electrons. The Morgan fingerprint density at radius 1 is 1.03 bits per heavy atom. The molecule has 0 radical (unpaired) electrons. The summed E-state index contributed by atoms with van der Waals surface area (Å²) in [6.45, 7) is -0.961. The van der Waals surface area contributed by atoms with E-state index in [-0.39, 0.29) is 24.8 Å². The summed E-state index contributed by atoms with van der Waals surface area (Å²) in [7, 11) is 0. The predicted octanol–water partition coefficient (Wildman–Crippen LogP) is 1.93. The Balaban J connectivity index is 1.46. The van der Waals surface area contributed by atoms with Gasteiger partial charge in [-0.3, -0.25) is 24.1 Å². The molecule has 0 spiro atoms. The number of carbonyl (C=O) groups is 4. The van der Waals surface area contributed by atoms with Crippen LogP contribution in [0.5, 0.6) is 0 Å². The van der Waals surface area contributed by atoms with Gasteiger partial charge in [-0.1, -0.05) is 12.2 Å². The van der Waals surface area contributed by atoms with Crippen molar-refractivity contribution in [2.45, 2.75) is 19.3 Å². The molecule has 7 nitrogen and oxygen atoms in total. The van der Waals surface area contributed by atoms with Crippen LogP contribution in [0.1, 0.15) is 19.3 Å². The van der Waals surface area contributed by atoms with Crippen molar-refractivity contribution >= 4 is 29.4 Å². The summed E-state index contributed by atoms with van der Waals surface area (Å²) < 4.78 is 44.2. The van der Waals surface area contributed by atoms with Gasteiger partial charge in [-0.05, 0) is 25.0 Å². The molecule has 1 aromatic rings. The molecule has 1 N–H and O–H groups in total.